The van der Waals surface area contributed by atoms with E-state index >= 15 is 0 Å². The van der Waals surface area contributed by atoms with E-state index in [4.69, 9.17) is 5.26 Å². The molecule has 0 unspecified atom stereocenters. The Hall–Kier alpha value is -3.59. The number of carbonyl (C=O) groups excluding carboxylic acids is 2. The van der Waals surface area contributed by atoms with Gasteiger partial charge in [-0.15, -0.1) is 0 Å². The highest BCUT2D eigenvalue weighted by Gasteiger charge is 2.41. The normalized spacial score (nSPS) is 18.6. The fraction of sp³-hybridized carbons (Fsp3) is 0.211. The van der Waals surface area contributed by atoms with Gasteiger partial charge in [-0.2, -0.15) is 5.26 Å². The number of hydrogen-bond acceptors (Lipinski definition) is 5. The summed E-state index contributed by atoms with van der Waals surface area (Å²) in [5.41, 5.74) is 0.404. The Morgan fingerprint density at radius 1 is 1.26 bits per heavy atom. The first-order valence-corrected chi connectivity index (χ1v) is 10.4. The van der Waals surface area contributed by atoms with Crippen molar-refractivity contribution in [1.29, 1.82) is 5.26 Å². The lowest BCUT2D eigenvalue weighted by Crippen LogP contribution is -2.49. The zero-order valence-corrected chi connectivity index (χ0v) is 16.4. The van der Waals surface area contributed by atoms with Gasteiger partial charge in [0, 0.05) is 5.56 Å². The van der Waals surface area contributed by atoms with Crippen LogP contribution in [-0.4, -0.2) is 31.2 Å². The molecule has 1 heterocycles. The number of urea groups is 1. The lowest BCUT2D eigenvalue weighted by molar-refractivity contribution is -0.121. The first-order chi connectivity index (χ1) is 14.6. The zero-order chi connectivity index (χ0) is 22.5. The van der Waals surface area contributed by atoms with Crippen molar-refractivity contribution in [3.05, 3.63) is 58.4 Å². The summed E-state index contributed by atoms with van der Waals surface area (Å²) in [7, 11) is -4.86. The molecule has 31 heavy (non-hydrogen) atoms. The average molecular weight is 450 g/mol. The molecule has 4 rings (SSSR count). The second-order valence-corrected chi connectivity index (χ2v) is 8.78. The first-order valence-electron chi connectivity index (χ1n) is 8.97. The third-order valence-corrected chi connectivity index (χ3v) is 6.87. The Kier molecular flexibility index (Phi) is 4.85. The van der Waals surface area contributed by atoms with Crippen LogP contribution in [0.3, 0.4) is 0 Å². The van der Waals surface area contributed by atoms with Crippen LogP contribution in [0, 0.1) is 28.8 Å². The number of amides is 3. The summed E-state index contributed by atoms with van der Waals surface area (Å²) in [6.07, 6.45) is 0.682. The minimum atomic E-state index is -4.86. The standard InChI is InChI=1S/C19H13F3N4O4S/c20-11-2-4-14-18(17(11)22)31(29,30)26(19(28)25-14)8-15(27)24-13-3-1-10-5-9(7-23)6-12(21)16(10)13/h2,4-6,13H,1,3,8H2,(H,24,27)(H,25,28)/t13-/m0/s1. The van der Waals surface area contributed by atoms with Crippen LogP contribution in [0.4, 0.5) is 23.7 Å². The largest absolute Gasteiger partial charge is 0.348 e. The smallest absolute Gasteiger partial charge is 0.336 e. The summed E-state index contributed by atoms with van der Waals surface area (Å²) >= 11 is 0. The molecule has 0 radical (unpaired) electrons. The van der Waals surface area contributed by atoms with E-state index in [1.165, 1.54) is 6.07 Å². The van der Waals surface area contributed by atoms with Gasteiger partial charge in [0.2, 0.25) is 5.91 Å². The van der Waals surface area contributed by atoms with Crippen molar-refractivity contribution in [3.8, 4) is 6.07 Å². The molecule has 2 aromatic carbocycles. The second-order valence-electron chi connectivity index (χ2n) is 6.98. The monoisotopic (exact) mass is 450 g/mol. The number of nitriles is 1. The summed E-state index contributed by atoms with van der Waals surface area (Å²) in [6.45, 7) is -1.02. The topological polar surface area (TPSA) is 119 Å². The molecule has 0 saturated carbocycles. The van der Waals surface area contributed by atoms with E-state index < -0.39 is 62.6 Å². The fourth-order valence-corrected chi connectivity index (χ4v) is 5.22. The highest BCUT2D eigenvalue weighted by atomic mass is 32.2. The first kappa shape index (κ1) is 20.7. The fourth-order valence-electron chi connectivity index (χ4n) is 3.73. The number of carbonyl (C=O) groups is 2. The van der Waals surface area contributed by atoms with Crippen LogP contribution in [0.15, 0.2) is 29.2 Å². The predicted molar refractivity (Wildman–Crippen MR) is 99.6 cm³/mol. The molecule has 1 aliphatic heterocycles. The maximum Gasteiger partial charge on any atom is 0.336 e. The third kappa shape index (κ3) is 3.36. The van der Waals surface area contributed by atoms with Gasteiger partial charge in [-0.05, 0) is 42.7 Å². The lowest BCUT2D eigenvalue weighted by Gasteiger charge is -2.29. The van der Waals surface area contributed by atoms with Crippen molar-refractivity contribution >= 4 is 27.6 Å². The molecule has 3 amide bonds. The summed E-state index contributed by atoms with van der Waals surface area (Å²) in [5, 5.41) is 13.5. The van der Waals surface area contributed by atoms with E-state index in [-0.39, 0.29) is 15.4 Å². The van der Waals surface area contributed by atoms with Crippen LogP contribution in [0.2, 0.25) is 0 Å². The molecule has 0 bridgehead atoms. The number of sulfonamides is 1. The van der Waals surface area contributed by atoms with Crippen molar-refractivity contribution in [3.63, 3.8) is 0 Å². The maximum atomic E-state index is 14.4. The summed E-state index contributed by atoms with van der Waals surface area (Å²) in [4.78, 5) is 23.6. The Morgan fingerprint density at radius 2 is 2.00 bits per heavy atom. The lowest BCUT2D eigenvalue weighted by atomic mass is 10.0. The molecule has 0 fully saturated rings. The molecular formula is C19H13F3N4O4S. The molecule has 160 valence electrons. The predicted octanol–water partition coefficient (Wildman–Crippen LogP) is 2.32. The molecule has 0 saturated heterocycles. The van der Waals surface area contributed by atoms with E-state index in [2.05, 4.69) is 10.6 Å². The second kappa shape index (κ2) is 7.28. The Balaban J connectivity index is 1.57. The maximum absolute atomic E-state index is 14.4. The molecule has 12 heteroatoms. The van der Waals surface area contributed by atoms with Crippen LogP contribution in [0.5, 0.6) is 0 Å². The van der Waals surface area contributed by atoms with Crippen LogP contribution in [0.25, 0.3) is 0 Å². The van der Waals surface area contributed by atoms with Gasteiger partial charge in [0.05, 0.1) is 23.4 Å². The number of fused-ring (bicyclic) bond motifs is 2. The van der Waals surface area contributed by atoms with Gasteiger partial charge in [-0.3, -0.25) is 4.79 Å². The van der Waals surface area contributed by atoms with Crippen molar-refractivity contribution in [2.75, 3.05) is 11.9 Å². The van der Waals surface area contributed by atoms with Gasteiger partial charge in [0.1, 0.15) is 17.3 Å². The molecule has 0 spiro atoms. The van der Waals surface area contributed by atoms with Gasteiger partial charge in [-0.25, -0.2) is 30.7 Å². The molecule has 2 aromatic rings. The number of hydrogen-bond donors (Lipinski definition) is 2. The summed E-state index contributed by atoms with van der Waals surface area (Å²) in [6, 6.07) is 3.91. The van der Waals surface area contributed by atoms with Gasteiger partial charge < -0.3 is 10.6 Å². The van der Waals surface area contributed by atoms with Crippen molar-refractivity contribution in [1.82, 2.24) is 9.62 Å². The molecule has 1 atom stereocenters. The molecule has 1 aliphatic carbocycles. The number of aryl methyl sites for hydroxylation is 1. The van der Waals surface area contributed by atoms with Gasteiger partial charge in [0.15, 0.2) is 11.6 Å². The van der Waals surface area contributed by atoms with Gasteiger partial charge in [-0.1, -0.05) is 0 Å². The molecule has 2 N–H and O–H groups in total. The molecule has 2 aliphatic rings. The van der Waals surface area contributed by atoms with Crippen molar-refractivity contribution in [2.45, 2.75) is 23.8 Å². The van der Waals surface area contributed by atoms with E-state index in [1.807, 2.05) is 6.07 Å². The molecular weight excluding hydrogens is 437 g/mol. The van der Waals surface area contributed by atoms with Crippen molar-refractivity contribution in [2.24, 2.45) is 0 Å². The highest BCUT2D eigenvalue weighted by Crippen LogP contribution is 2.35. The minimum absolute atomic E-state index is 0.0815. The SMILES string of the molecule is N#Cc1cc(F)c2c(c1)CC[C@@H]2NC(=O)CN1C(=O)Nc2ccc(F)c(F)c2S1(=O)=O. The quantitative estimate of drug-likeness (QED) is 0.744. The minimum Gasteiger partial charge on any atom is -0.348 e. The Morgan fingerprint density at radius 3 is 2.71 bits per heavy atom. The van der Waals surface area contributed by atoms with Gasteiger partial charge >= 0.3 is 6.03 Å². The molecule has 0 aromatic heterocycles. The van der Waals surface area contributed by atoms with E-state index in [1.54, 1.807) is 0 Å². The third-order valence-electron chi connectivity index (χ3n) is 5.08. The van der Waals surface area contributed by atoms with Crippen LogP contribution >= 0.6 is 0 Å². The highest BCUT2D eigenvalue weighted by molar-refractivity contribution is 7.90. The van der Waals surface area contributed by atoms with Gasteiger partial charge in [0.25, 0.3) is 10.0 Å². The van der Waals surface area contributed by atoms with Crippen molar-refractivity contribution < 1.29 is 31.2 Å². The number of nitrogens with one attached hydrogen (secondary N) is 2. The number of anilines is 1. The van der Waals surface area contributed by atoms with E-state index in [0.29, 0.717) is 24.5 Å². The van der Waals surface area contributed by atoms with Crippen LogP contribution in [0.1, 0.15) is 29.2 Å². The summed E-state index contributed by atoms with van der Waals surface area (Å²) in [5.74, 6) is -4.74. The van der Waals surface area contributed by atoms with Crippen LogP contribution < -0.4 is 10.6 Å². The Bertz CT molecular complexity index is 1290. The number of rotatable bonds is 3. The number of benzene rings is 2. The number of halogens is 3. The van der Waals surface area contributed by atoms with E-state index in [9.17, 15) is 31.2 Å². The van der Waals surface area contributed by atoms with E-state index in [0.717, 1.165) is 12.1 Å². The zero-order valence-electron chi connectivity index (χ0n) is 15.6. The number of nitrogens with zero attached hydrogens (tertiary/aromatic N) is 2. The Labute approximate surface area is 174 Å². The molecule has 8 nitrogen and oxygen atoms in total. The average Bonchev–Trinajstić information content (AvgIpc) is 3.10. The summed E-state index contributed by atoms with van der Waals surface area (Å²) < 4.78 is 67.5. The van der Waals surface area contributed by atoms with Crippen LogP contribution in [-0.2, 0) is 21.2 Å².